The zero-order chi connectivity index (χ0) is 22.5. The van der Waals surface area contributed by atoms with Crippen LogP contribution in [-0.4, -0.2) is 28.1 Å². The van der Waals surface area contributed by atoms with Crippen molar-refractivity contribution in [3.8, 4) is 5.75 Å². The summed E-state index contributed by atoms with van der Waals surface area (Å²) in [6.07, 6.45) is -1.34. The van der Waals surface area contributed by atoms with Gasteiger partial charge in [0.15, 0.2) is 30.2 Å². The summed E-state index contributed by atoms with van der Waals surface area (Å²) in [5, 5.41) is 5.72. The molecule has 0 spiro atoms. The van der Waals surface area contributed by atoms with Crippen molar-refractivity contribution in [2.75, 3.05) is 5.32 Å². The second kappa shape index (κ2) is 9.28. The standard InChI is InChI=1S/C20H16F3N3O5/c1-10(19(27)25-15-8-7-14(21)17(22)18(15)23)30-20(28)12-3-5-13(6-4-12)29-9-16-24-11(2)31-26-16/h3-8,10H,9H2,1-2H3,(H,25,27). The van der Waals surface area contributed by atoms with Crippen molar-refractivity contribution in [1.29, 1.82) is 0 Å². The van der Waals surface area contributed by atoms with Gasteiger partial charge in [0.1, 0.15) is 5.75 Å². The highest BCUT2D eigenvalue weighted by molar-refractivity contribution is 5.97. The first-order valence-corrected chi connectivity index (χ1v) is 8.92. The number of carbonyl (C=O) groups excluding carboxylic acids is 2. The lowest BCUT2D eigenvalue weighted by molar-refractivity contribution is -0.123. The van der Waals surface area contributed by atoms with Crippen molar-refractivity contribution in [1.82, 2.24) is 10.1 Å². The van der Waals surface area contributed by atoms with Crippen molar-refractivity contribution in [3.63, 3.8) is 0 Å². The fourth-order valence-corrected chi connectivity index (χ4v) is 2.37. The first kappa shape index (κ1) is 21.8. The summed E-state index contributed by atoms with van der Waals surface area (Å²) in [7, 11) is 0. The molecule has 0 radical (unpaired) electrons. The van der Waals surface area contributed by atoms with Gasteiger partial charge in [-0.3, -0.25) is 4.79 Å². The van der Waals surface area contributed by atoms with Crippen molar-refractivity contribution in [2.24, 2.45) is 0 Å². The average molecular weight is 435 g/mol. The van der Waals surface area contributed by atoms with Gasteiger partial charge in [-0.05, 0) is 43.3 Å². The Morgan fingerprint density at radius 1 is 1.10 bits per heavy atom. The SMILES string of the molecule is Cc1nc(COc2ccc(C(=O)OC(C)C(=O)Nc3ccc(F)c(F)c3F)cc2)no1. The van der Waals surface area contributed by atoms with Crippen LogP contribution in [0.5, 0.6) is 5.75 Å². The van der Waals surface area contributed by atoms with E-state index in [9.17, 15) is 22.8 Å². The molecular formula is C20H16F3N3O5. The zero-order valence-corrected chi connectivity index (χ0v) is 16.3. The number of aryl methyl sites for hydroxylation is 1. The van der Waals surface area contributed by atoms with E-state index in [4.69, 9.17) is 14.0 Å². The van der Waals surface area contributed by atoms with Gasteiger partial charge in [0.2, 0.25) is 11.7 Å². The third-order valence-electron chi connectivity index (χ3n) is 3.97. The van der Waals surface area contributed by atoms with Crippen LogP contribution in [-0.2, 0) is 16.1 Å². The summed E-state index contributed by atoms with van der Waals surface area (Å²) in [5.74, 6) is -5.23. The number of rotatable bonds is 7. The average Bonchev–Trinajstić information content (AvgIpc) is 3.18. The Morgan fingerprint density at radius 3 is 2.45 bits per heavy atom. The number of carbonyl (C=O) groups is 2. The summed E-state index contributed by atoms with van der Waals surface area (Å²) in [6, 6.07) is 7.36. The molecule has 0 fully saturated rings. The molecule has 3 rings (SSSR count). The van der Waals surface area contributed by atoms with Gasteiger partial charge in [-0.25, -0.2) is 18.0 Å². The lowest BCUT2D eigenvalue weighted by atomic mass is 10.2. The maximum atomic E-state index is 13.7. The number of nitrogens with zero attached hydrogens (tertiary/aromatic N) is 2. The molecule has 1 N–H and O–H groups in total. The third kappa shape index (κ3) is 5.38. The Labute approximate surface area is 174 Å². The van der Waals surface area contributed by atoms with E-state index in [0.29, 0.717) is 23.5 Å². The topological polar surface area (TPSA) is 104 Å². The zero-order valence-electron chi connectivity index (χ0n) is 16.3. The molecule has 0 aliphatic heterocycles. The summed E-state index contributed by atoms with van der Waals surface area (Å²) in [4.78, 5) is 28.3. The smallest absolute Gasteiger partial charge is 0.338 e. The molecule has 11 heteroatoms. The Balaban J connectivity index is 1.55. The highest BCUT2D eigenvalue weighted by atomic mass is 19.2. The van der Waals surface area contributed by atoms with Gasteiger partial charge in [-0.1, -0.05) is 5.16 Å². The van der Waals surface area contributed by atoms with Crippen molar-refractivity contribution >= 4 is 17.6 Å². The van der Waals surface area contributed by atoms with Gasteiger partial charge >= 0.3 is 5.97 Å². The minimum absolute atomic E-state index is 0.0683. The Hall–Kier alpha value is -3.89. The van der Waals surface area contributed by atoms with Gasteiger partial charge in [0.05, 0.1) is 11.3 Å². The largest absolute Gasteiger partial charge is 0.485 e. The van der Waals surface area contributed by atoms with Gasteiger partial charge < -0.3 is 19.3 Å². The van der Waals surface area contributed by atoms with Crippen LogP contribution in [0.1, 0.15) is 29.0 Å². The number of esters is 1. The van der Waals surface area contributed by atoms with Crippen molar-refractivity contribution in [3.05, 3.63) is 71.1 Å². The number of halogens is 3. The van der Waals surface area contributed by atoms with Crippen LogP contribution in [0, 0.1) is 24.4 Å². The monoisotopic (exact) mass is 435 g/mol. The predicted molar refractivity (Wildman–Crippen MR) is 99.6 cm³/mol. The maximum Gasteiger partial charge on any atom is 0.338 e. The van der Waals surface area contributed by atoms with E-state index < -0.39 is 41.1 Å². The van der Waals surface area contributed by atoms with Crippen LogP contribution < -0.4 is 10.1 Å². The molecule has 31 heavy (non-hydrogen) atoms. The number of aromatic nitrogens is 2. The van der Waals surface area contributed by atoms with Crippen LogP contribution >= 0.6 is 0 Å². The quantitative estimate of drug-likeness (QED) is 0.447. The summed E-state index contributed by atoms with van der Waals surface area (Å²) >= 11 is 0. The number of ether oxygens (including phenoxy) is 2. The van der Waals surface area contributed by atoms with Gasteiger partial charge in [0.25, 0.3) is 5.91 Å². The third-order valence-corrected chi connectivity index (χ3v) is 3.97. The first-order valence-electron chi connectivity index (χ1n) is 8.92. The summed E-state index contributed by atoms with van der Waals surface area (Å²) < 4.78 is 55.2. The number of hydrogen-bond acceptors (Lipinski definition) is 7. The molecule has 162 valence electrons. The van der Waals surface area contributed by atoms with Gasteiger partial charge in [0, 0.05) is 6.92 Å². The van der Waals surface area contributed by atoms with Gasteiger partial charge in [-0.15, -0.1) is 0 Å². The number of anilines is 1. The minimum Gasteiger partial charge on any atom is -0.485 e. The molecule has 1 unspecified atom stereocenters. The number of amides is 1. The van der Waals surface area contributed by atoms with Crippen LogP contribution in [0.2, 0.25) is 0 Å². The van der Waals surface area contributed by atoms with Crippen molar-refractivity contribution < 1.29 is 36.8 Å². The van der Waals surface area contributed by atoms with Crippen LogP contribution in [0.25, 0.3) is 0 Å². The number of nitrogens with one attached hydrogen (secondary N) is 1. The summed E-state index contributed by atoms with van der Waals surface area (Å²) in [5.41, 5.74) is -0.452. The Kier molecular flexibility index (Phi) is 6.53. The second-order valence-electron chi connectivity index (χ2n) is 6.30. The van der Waals surface area contributed by atoms with E-state index in [0.717, 1.165) is 6.07 Å². The first-order chi connectivity index (χ1) is 14.7. The molecule has 0 saturated carbocycles. The minimum atomic E-state index is -1.72. The van der Waals surface area contributed by atoms with Crippen LogP contribution in [0.3, 0.4) is 0 Å². The molecule has 0 saturated heterocycles. The van der Waals surface area contributed by atoms with Crippen LogP contribution in [0.4, 0.5) is 18.9 Å². The van der Waals surface area contributed by atoms with Crippen molar-refractivity contribution in [2.45, 2.75) is 26.6 Å². The lowest BCUT2D eigenvalue weighted by Gasteiger charge is -2.14. The normalized spacial score (nSPS) is 11.6. The highest BCUT2D eigenvalue weighted by Gasteiger charge is 2.22. The maximum absolute atomic E-state index is 13.7. The van der Waals surface area contributed by atoms with E-state index >= 15 is 0 Å². The molecule has 0 bridgehead atoms. The molecule has 2 aromatic carbocycles. The Bertz CT molecular complexity index is 1100. The predicted octanol–water partition coefficient (Wildman–Crippen LogP) is 3.56. The highest BCUT2D eigenvalue weighted by Crippen LogP contribution is 2.20. The summed E-state index contributed by atoms with van der Waals surface area (Å²) in [6.45, 7) is 2.96. The van der Waals surface area contributed by atoms with E-state index in [1.807, 2.05) is 5.32 Å². The molecule has 1 atom stereocenters. The Morgan fingerprint density at radius 2 is 1.81 bits per heavy atom. The van der Waals surface area contributed by atoms with E-state index in [2.05, 4.69) is 10.1 Å². The molecule has 0 aliphatic carbocycles. The molecule has 3 aromatic rings. The fraction of sp³-hybridized carbons (Fsp3) is 0.200. The molecule has 0 aliphatic rings. The lowest BCUT2D eigenvalue weighted by Crippen LogP contribution is -2.30. The molecule has 1 heterocycles. The number of hydrogen-bond donors (Lipinski definition) is 1. The molecule has 1 amide bonds. The van der Waals surface area contributed by atoms with E-state index in [-0.39, 0.29) is 12.2 Å². The number of benzene rings is 2. The molecule has 1 aromatic heterocycles. The van der Waals surface area contributed by atoms with Crippen LogP contribution in [0.15, 0.2) is 40.9 Å². The molecular weight excluding hydrogens is 419 g/mol. The second-order valence-corrected chi connectivity index (χ2v) is 6.30. The fourth-order valence-electron chi connectivity index (χ4n) is 2.37. The van der Waals surface area contributed by atoms with Gasteiger partial charge in [-0.2, -0.15) is 4.98 Å². The van der Waals surface area contributed by atoms with E-state index in [1.165, 1.54) is 31.2 Å². The molecule has 8 nitrogen and oxygen atoms in total. The van der Waals surface area contributed by atoms with E-state index in [1.54, 1.807) is 6.92 Å².